The Hall–Kier alpha value is -2.63. The molecule has 1 amide bonds. The molecule has 0 radical (unpaired) electrons. The van der Waals surface area contributed by atoms with Gasteiger partial charge in [-0.15, -0.1) is 0 Å². The smallest absolute Gasteiger partial charge is 0.306 e. The Kier molecular flexibility index (Phi) is 3.66. The molecule has 0 atom stereocenters. The first-order valence-corrected chi connectivity index (χ1v) is 6.92. The SMILES string of the molecule is O=C(NC1CC(C(=O)O)C1)c1ccc(-c2ccc(F)cc2)o1. The third-order valence-corrected chi connectivity index (χ3v) is 3.78. The van der Waals surface area contributed by atoms with Crippen LogP contribution in [0.1, 0.15) is 23.4 Å². The molecular formula is C16H14FNO4. The van der Waals surface area contributed by atoms with Crippen LogP contribution in [0.25, 0.3) is 11.3 Å². The number of rotatable bonds is 4. The highest BCUT2D eigenvalue weighted by molar-refractivity contribution is 5.92. The topological polar surface area (TPSA) is 79.5 Å². The average molecular weight is 303 g/mol. The van der Waals surface area contributed by atoms with Gasteiger partial charge in [-0.25, -0.2) is 4.39 Å². The normalized spacial score (nSPS) is 20.2. The van der Waals surface area contributed by atoms with E-state index >= 15 is 0 Å². The highest BCUT2D eigenvalue weighted by Crippen LogP contribution is 2.28. The van der Waals surface area contributed by atoms with Crippen molar-refractivity contribution in [1.82, 2.24) is 5.32 Å². The van der Waals surface area contributed by atoms with Crippen LogP contribution in [-0.4, -0.2) is 23.0 Å². The number of aliphatic carboxylic acids is 1. The summed E-state index contributed by atoms with van der Waals surface area (Å²) in [6.45, 7) is 0. The monoisotopic (exact) mass is 303 g/mol. The standard InChI is InChI=1S/C16H14FNO4/c17-11-3-1-9(2-4-11)13-5-6-14(22-13)15(19)18-12-7-10(8-12)16(20)21/h1-6,10,12H,7-8H2,(H,18,19)(H,20,21). The number of hydrogen-bond acceptors (Lipinski definition) is 3. The Morgan fingerprint density at radius 2 is 1.82 bits per heavy atom. The molecule has 0 bridgehead atoms. The van der Waals surface area contributed by atoms with E-state index in [1.165, 1.54) is 12.1 Å². The second-order valence-electron chi connectivity index (χ2n) is 5.35. The second kappa shape index (κ2) is 5.63. The summed E-state index contributed by atoms with van der Waals surface area (Å²) in [7, 11) is 0. The van der Waals surface area contributed by atoms with Gasteiger partial charge in [-0.3, -0.25) is 9.59 Å². The van der Waals surface area contributed by atoms with Crippen molar-refractivity contribution in [1.29, 1.82) is 0 Å². The number of carboxylic acids is 1. The Morgan fingerprint density at radius 1 is 1.14 bits per heavy atom. The van der Waals surface area contributed by atoms with Gasteiger partial charge in [-0.1, -0.05) is 0 Å². The van der Waals surface area contributed by atoms with E-state index in [0.29, 0.717) is 24.2 Å². The number of carbonyl (C=O) groups excluding carboxylic acids is 1. The summed E-state index contributed by atoms with van der Waals surface area (Å²) in [6.07, 6.45) is 0.874. The quantitative estimate of drug-likeness (QED) is 0.910. The van der Waals surface area contributed by atoms with Crippen LogP contribution in [0, 0.1) is 11.7 Å². The molecule has 1 saturated carbocycles. The predicted molar refractivity (Wildman–Crippen MR) is 75.7 cm³/mol. The summed E-state index contributed by atoms with van der Waals surface area (Å²) in [5, 5.41) is 11.5. The molecule has 5 nitrogen and oxygen atoms in total. The van der Waals surface area contributed by atoms with Crippen molar-refractivity contribution < 1.29 is 23.5 Å². The number of hydrogen-bond donors (Lipinski definition) is 2. The molecule has 1 aliphatic rings. The molecule has 6 heteroatoms. The molecule has 1 heterocycles. The molecule has 2 N–H and O–H groups in total. The first kappa shape index (κ1) is 14.3. The Balaban J connectivity index is 1.63. The molecule has 0 aliphatic heterocycles. The fourth-order valence-electron chi connectivity index (χ4n) is 2.42. The minimum Gasteiger partial charge on any atom is -0.481 e. The second-order valence-corrected chi connectivity index (χ2v) is 5.35. The van der Waals surface area contributed by atoms with Crippen LogP contribution in [0.15, 0.2) is 40.8 Å². The lowest BCUT2D eigenvalue weighted by atomic mass is 9.80. The van der Waals surface area contributed by atoms with E-state index in [9.17, 15) is 14.0 Å². The third kappa shape index (κ3) is 2.86. The maximum atomic E-state index is 12.9. The van der Waals surface area contributed by atoms with Gasteiger partial charge in [-0.05, 0) is 49.2 Å². The van der Waals surface area contributed by atoms with Gasteiger partial charge in [0.2, 0.25) is 0 Å². The summed E-state index contributed by atoms with van der Waals surface area (Å²) < 4.78 is 18.3. The van der Waals surface area contributed by atoms with Gasteiger partial charge in [-0.2, -0.15) is 0 Å². The molecule has 2 aromatic rings. The van der Waals surface area contributed by atoms with Crippen LogP contribution in [0.4, 0.5) is 4.39 Å². The maximum Gasteiger partial charge on any atom is 0.306 e. The van der Waals surface area contributed by atoms with Crippen molar-refractivity contribution in [2.75, 3.05) is 0 Å². The van der Waals surface area contributed by atoms with Crippen LogP contribution in [0.2, 0.25) is 0 Å². The van der Waals surface area contributed by atoms with Crippen LogP contribution in [0.3, 0.4) is 0 Å². The van der Waals surface area contributed by atoms with E-state index in [4.69, 9.17) is 9.52 Å². The Bertz CT molecular complexity index is 701. The lowest BCUT2D eigenvalue weighted by Crippen LogP contribution is -2.46. The first-order chi connectivity index (χ1) is 10.5. The highest BCUT2D eigenvalue weighted by atomic mass is 19.1. The molecule has 0 unspecified atom stereocenters. The van der Waals surface area contributed by atoms with Crippen LogP contribution in [0.5, 0.6) is 0 Å². The molecule has 1 aliphatic carbocycles. The van der Waals surface area contributed by atoms with Crippen molar-refractivity contribution in [3.8, 4) is 11.3 Å². The Labute approximate surface area is 125 Å². The first-order valence-electron chi connectivity index (χ1n) is 6.92. The van der Waals surface area contributed by atoms with E-state index in [0.717, 1.165) is 0 Å². The van der Waals surface area contributed by atoms with Gasteiger partial charge in [0.1, 0.15) is 11.6 Å². The zero-order chi connectivity index (χ0) is 15.7. The van der Waals surface area contributed by atoms with Gasteiger partial charge >= 0.3 is 5.97 Å². The van der Waals surface area contributed by atoms with Crippen LogP contribution in [-0.2, 0) is 4.79 Å². The van der Waals surface area contributed by atoms with Crippen molar-refractivity contribution in [2.45, 2.75) is 18.9 Å². The minimum atomic E-state index is -0.831. The molecular weight excluding hydrogens is 289 g/mol. The van der Waals surface area contributed by atoms with Crippen molar-refractivity contribution in [2.24, 2.45) is 5.92 Å². The fourth-order valence-corrected chi connectivity index (χ4v) is 2.42. The van der Waals surface area contributed by atoms with Crippen molar-refractivity contribution in [3.05, 3.63) is 48.0 Å². The van der Waals surface area contributed by atoms with E-state index in [1.54, 1.807) is 24.3 Å². The van der Waals surface area contributed by atoms with Crippen molar-refractivity contribution >= 4 is 11.9 Å². The predicted octanol–water partition coefficient (Wildman–Crippen LogP) is 2.68. The lowest BCUT2D eigenvalue weighted by Gasteiger charge is -2.32. The number of benzene rings is 1. The molecule has 0 saturated heterocycles. The summed E-state index contributed by atoms with van der Waals surface area (Å²) >= 11 is 0. The number of nitrogens with one attached hydrogen (secondary N) is 1. The molecule has 3 rings (SSSR count). The summed E-state index contributed by atoms with van der Waals surface area (Å²) in [5.74, 6) is -1.30. The van der Waals surface area contributed by atoms with Gasteiger partial charge in [0.25, 0.3) is 5.91 Å². The van der Waals surface area contributed by atoms with Gasteiger partial charge in [0.15, 0.2) is 5.76 Å². The number of halogens is 1. The minimum absolute atomic E-state index is 0.132. The van der Waals surface area contributed by atoms with E-state index in [-0.39, 0.29) is 29.4 Å². The number of carboxylic acid groups (broad SMARTS) is 1. The van der Waals surface area contributed by atoms with E-state index < -0.39 is 5.97 Å². The van der Waals surface area contributed by atoms with E-state index in [2.05, 4.69) is 5.32 Å². The third-order valence-electron chi connectivity index (χ3n) is 3.78. The van der Waals surface area contributed by atoms with Crippen LogP contribution >= 0.6 is 0 Å². The molecule has 114 valence electrons. The zero-order valence-corrected chi connectivity index (χ0v) is 11.6. The molecule has 22 heavy (non-hydrogen) atoms. The molecule has 1 aromatic carbocycles. The zero-order valence-electron chi connectivity index (χ0n) is 11.6. The largest absolute Gasteiger partial charge is 0.481 e. The molecule has 1 aromatic heterocycles. The Morgan fingerprint density at radius 3 is 2.45 bits per heavy atom. The summed E-state index contributed by atoms with van der Waals surface area (Å²) in [5.41, 5.74) is 0.676. The van der Waals surface area contributed by atoms with E-state index in [1.807, 2.05) is 0 Å². The van der Waals surface area contributed by atoms with Gasteiger partial charge < -0.3 is 14.8 Å². The molecule has 1 fully saturated rings. The van der Waals surface area contributed by atoms with Crippen molar-refractivity contribution in [3.63, 3.8) is 0 Å². The maximum absolute atomic E-state index is 12.9. The van der Waals surface area contributed by atoms with Gasteiger partial charge in [0.05, 0.1) is 5.92 Å². The summed E-state index contributed by atoms with van der Waals surface area (Å²) in [6, 6.07) is 8.83. The molecule has 0 spiro atoms. The average Bonchev–Trinajstić information content (AvgIpc) is 2.92. The van der Waals surface area contributed by atoms with Gasteiger partial charge in [0, 0.05) is 11.6 Å². The highest BCUT2D eigenvalue weighted by Gasteiger charge is 2.35. The number of carbonyl (C=O) groups is 2. The lowest BCUT2D eigenvalue weighted by molar-refractivity contribution is -0.145. The number of amides is 1. The summed E-state index contributed by atoms with van der Waals surface area (Å²) in [4.78, 5) is 22.7. The van der Waals surface area contributed by atoms with Crippen LogP contribution < -0.4 is 5.32 Å². The fraction of sp³-hybridized carbons (Fsp3) is 0.250. The number of furan rings is 1.